The van der Waals surface area contributed by atoms with E-state index in [1.807, 2.05) is 72.8 Å². The third kappa shape index (κ3) is 5.26. The van der Waals surface area contributed by atoms with Crippen molar-refractivity contribution >= 4 is 17.9 Å². The summed E-state index contributed by atoms with van der Waals surface area (Å²) in [6, 6.07) is 17.5. The van der Waals surface area contributed by atoms with E-state index < -0.39 is 11.5 Å². The standard InChI is InChI=1S/C26H32NO3/c1-4-27(2)19-18-26(29,17-16-21-8-6-5-7-9-21)24(20-27)25(28)15-12-22-10-13-23(30-3)14-11-22/h5-17,24,29H,4,18-20H2,1-3H3/q+1/b15-12+,17-16+. The van der Waals surface area contributed by atoms with Crippen molar-refractivity contribution in [1.82, 2.24) is 0 Å². The van der Waals surface area contributed by atoms with Crippen LogP contribution in [0.4, 0.5) is 0 Å². The molecule has 0 aliphatic carbocycles. The highest BCUT2D eigenvalue weighted by molar-refractivity contribution is 5.96. The van der Waals surface area contributed by atoms with Crippen molar-refractivity contribution in [3.63, 3.8) is 0 Å². The summed E-state index contributed by atoms with van der Waals surface area (Å²) in [5.74, 6) is 0.261. The molecule has 1 fully saturated rings. The summed E-state index contributed by atoms with van der Waals surface area (Å²) in [5, 5.41) is 11.5. The van der Waals surface area contributed by atoms with Crippen LogP contribution in [0, 0.1) is 5.92 Å². The topological polar surface area (TPSA) is 46.5 Å². The molecule has 0 radical (unpaired) electrons. The minimum atomic E-state index is -1.15. The average Bonchev–Trinajstić information content (AvgIpc) is 2.79. The summed E-state index contributed by atoms with van der Waals surface area (Å²) in [6.07, 6.45) is 7.74. The summed E-state index contributed by atoms with van der Waals surface area (Å²) in [7, 11) is 3.79. The van der Waals surface area contributed by atoms with E-state index in [0.717, 1.165) is 34.4 Å². The summed E-state index contributed by atoms with van der Waals surface area (Å²) >= 11 is 0. The highest BCUT2D eigenvalue weighted by atomic mass is 16.5. The molecule has 0 amide bonds. The smallest absolute Gasteiger partial charge is 0.167 e. The molecule has 1 heterocycles. The first-order chi connectivity index (χ1) is 14.4. The van der Waals surface area contributed by atoms with Gasteiger partial charge in [0.15, 0.2) is 5.78 Å². The van der Waals surface area contributed by atoms with Gasteiger partial charge in [0.25, 0.3) is 0 Å². The molecule has 0 spiro atoms. The summed E-state index contributed by atoms with van der Waals surface area (Å²) in [4.78, 5) is 13.2. The quantitative estimate of drug-likeness (QED) is 0.553. The number of aliphatic hydroxyl groups is 1. The van der Waals surface area contributed by atoms with Gasteiger partial charge in [-0.1, -0.05) is 60.7 Å². The molecule has 2 aromatic rings. The van der Waals surface area contributed by atoms with Crippen molar-refractivity contribution in [2.75, 3.05) is 33.8 Å². The molecule has 1 saturated heterocycles. The number of ether oxygens (including phenoxy) is 1. The number of hydrogen-bond acceptors (Lipinski definition) is 3. The van der Waals surface area contributed by atoms with E-state index in [0.29, 0.717) is 13.0 Å². The highest BCUT2D eigenvalue weighted by Gasteiger charge is 2.48. The van der Waals surface area contributed by atoms with Crippen LogP contribution in [0.15, 0.2) is 66.7 Å². The predicted molar refractivity (Wildman–Crippen MR) is 122 cm³/mol. The van der Waals surface area contributed by atoms with E-state index in [4.69, 9.17) is 4.74 Å². The van der Waals surface area contributed by atoms with Gasteiger partial charge in [-0.2, -0.15) is 0 Å². The van der Waals surface area contributed by atoms with Crippen LogP contribution in [-0.2, 0) is 4.79 Å². The van der Waals surface area contributed by atoms with Gasteiger partial charge in [-0.05, 0) is 36.3 Å². The van der Waals surface area contributed by atoms with Crippen molar-refractivity contribution in [3.05, 3.63) is 77.9 Å². The molecule has 1 aliphatic rings. The molecule has 0 aromatic heterocycles. The Morgan fingerprint density at radius 1 is 1.13 bits per heavy atom. The number of allylic oxidation sites excluding steroid dienone is 1. The monoisotopic (exact) mass is 406 g/mol. The van der Waals surface area contributed by atoms with Crippen LogP contribution in [-0.4, -0.2) is 54.8 Å². The van der Waals surface area contributed by atoms with Crippen molar-refractivity contribution in [1.29, 1.82) is 0 Å². The van der Waals surface area contributed by atoms with Crippen LogP contribution >= 0.6 is 0 Å². The van der Waals surface area contributed by atoms with Crippen molar-refractivity contribution in [3.8, 4) is 5.75 Å². The molecule has 1 aliphatic heterocycles. The molecule has 0 saturated carbocycles. The molecule has 158 valence electrons. The number of nitrogens with zero attached hydrogens (tertiary/aromatic N) is 1. The number of rotatable bonds is 7. The molecule has 3 atom stereocenters. The van der Waals surface area contributed by atoms with Gasteiger partial charge in [0.1, 0.15) is 17.3 Å². The summed E-state index contributed by atoms with van der Waals surface area (Å²) < 4.78 is 5.97. The van der Waals surface area contributed by atoms with Crippen molar-refractivity contribution < 1.29 is 19.1 Å². The molecule has 1 N–H and O–H groups in total. The Kier molecular flexibility index (Phi) is 6.91. The third-order valence-corrected chi connectivity index (χ3v) is 6.31. The summed E-state index contributed by atoms with van der Waals surface area (Å²) in [6.45, 7) is 4.54. The number of methoxy groups -OCH3 is 1. The second-order valence-electron chi connectivity index (χ2n) is 8.39. The van der Waals surface area contributed by atoms with Crippen molar-refractivity contribution in [2.45, 2.75) is 18.9 Å². The molecule has 2 aromatic carbocycles. The van der Waals surface area contributed by atoms with Gasteiger partial charge < -0.3 is 14.3 Å². The van der Waals surface area contributed by atoms with Crippen LogP contribution in [0.2, 0.25) is 0 Å². The van der Waals surface area contributed by atoms with Crippen LogP contribution in [0.1, 0.15) is 24.5 Å². The SMILES string of the molecule is CC[N+]1(C)CCC(O)(/C=C/c2ccccc2)C(C(=O)/C=C/c2ccc(OC)cc2)C1. The van der Waals surface area contributed by atoms with Gasteiger partial charge in [0, 0.05) is 6.42 Å². The van der Waals surface area contributed by atoms with Crippen molar-refractivity contribution in [2.24, 2.45) is 5.92 Å². The second-order valence-corrected chi connectivity index (χ2v) is 8.39. The molecule has 30 heavy (non-hydrogen) atoms. The zero-order valence-corrected chi connectivity index (χ0v) is 18.1. The lowest BCUT2D eigenvalue weighted by Crippen LogP contribution is -2.61. The van der Waals surface area contributed by atoms with E-state index in [-0.39, 0.29) is 5.78 Å². The Morgan fingerprint density at radius 2 is 1.80 bits per heavy atom. The van der Waals surface area contributed by atoms with Gasteiger partial charge in [-0.25, -0.2) is 0 Å². The fourth-order valence-electron chi connectivity index (χ4n) is 3.95. The number of benzene rings is 2. The largest absolute Gasteiger partial charge is 0.497 e. The van der Waals surface area contributed by atoms with Gasteiger partial charge >= 0.3 is 0 Å². The van der Waals surface area contributed by atoms with E-state index in [2.05, 4.69) is 14.0 Å². The molecular weight excluding hydrogens is 374 g/mol. The maximum absolute atomic E-state index is 13.2. The lowest BCUT2D eigenvalue weighted by Gasteiger charge is -2.46. The van der Waals surface area contributed by atoms with Gasteiger partial charge in [-0.15, -0.1) is 0 Å². The molecular formula is C26H32NO3+. The Bertz CT molecular complexity index is 904. The fourth-order valence-corrected chi connectivity index (χ4v) is 3.95. The minimum Gasteiger partial charge on any atom is -0.497 e. The number of hydrogen-bond donors (Lipinski definition) is 1. The zero-order chi connectivity index (χ0) is 21.6. The number of carbonyl (C=O) groups is 1. The molecule has 4 heteroatoms. The zero-order valence-electron chi connectivity index (χ0n) is 18.1. The van der Waals surface area contributed by atoms with Crippen LogP contribution in [0.3, 0.4) is 0 Å². The molecule has 3 rings (SSSR count). The number of piperidine rings is 1. The first-order valence-corrected chi connectivity index (χ1v) is 10.5. The summed E-state index contributed by atoms with van der Waals surface area (Å²) in [5.41, 5.74) is 0.796. The Morgan fingerprint density at radius 3 is 2.43 bits per heavy atom. The van der Waals surface area contributed by atoms with E-state index in [9.17, 15) is 9.90 Å². The van der Waals surface area contributed by atoms with Crippen LogP contribution in [0.5, 0.6) is 5.75 Å². The molecule has 4 nitrogen and oxygen atoms in total. The second kappa shape index (κ2) is 9.41. The first-order valence-electron chi connectivity index (χ1n) is 10.5. The number of carbonyl (C=O) groups excluding carboxylic acids is 1. The van der Waals surface area contributed by atoms with Gasteiger partial charge in [-0.3, -0.25) is 4.79 Å². The molecule has 3 unspecified atom stereocenters. The van der Waals surface area contributed by atoms with Gasteiger partial charge in [0.2, 0.25) is 0 Å². The van der Waals surface area contributed by atoms with Gasteiger partial charge in [0.05, 0.1) is 33.8 Å². The molecule has 0 bridgehead atoms. The van der Waals surface area contributed by atoms with E-state index >= 15 is 0 Å². The van der Waals surface area contributed by atoms with Crippen LogP contribution in [0.25, 0.3) is 12.2 Å². The average molecular weight is 407 g/mol. The number of ketones is 1. The van der Waals surface area contributed by atoms with E-state index in [1.165, 1.54) is 0 Å². The lowest BCUT2D eigenvalue weighted by molar-refractivity contribution is -0.916. The normalized spacial score (nSPS) is 26.9. The maximum Gasteiger partial charge on any atom is 0.167 e. The predicted octanol–water partition coefficient (Wildman–Crippen LogP) is 4.21. The Labute approximate surface area is 179 Å². The Balaban J connectivity index is 1.83. The minimum absolute atomic E-state index is 0.0384. The Hall–Kier alpha value is -2.69. The third-order valence-electron chi connectivity index (χ3n) is 6.31. The highest BCUT2D eigenvalue weighted by Crippen LogP contribution is 2.34. The van der Waals surface area contributed by atoms with Crippen LogP contribution < -0.4 is 4.74 Å². The lowest BCUT2D eigenvalue weighted by atomic mass is 9.76. The van der Waals surface area contributed by atoms with E-state index in [1.54, 1.807) is 13.2 Å². The maximum atomic E-state index is 13.2. The number of quaternary nitrogens is 1. The fraction of sp³-hybridized carbons (Fsp3) is 0.346. The number of likely N-dealkylation sites (tertiary alicyclic amines) is 1. The first kappa shape index (κ1) is 22.0.